The van der Waals surface area contributed by atoms with Crippen molar-refractivity contribution in [2.75, 3.05) is 31.7 Å². The van der Waals surface area contributed by atoms with E-state index >= 15 is 0 Å². The third-order valence-electron chi connectivity index (χ3n) is 3.01. The maximum absolute atomic E-state index is 5.63. The molecule has 100 valence electrons. The van der Waals surface area contributed by atoms with Crippen molar-refractivity contribution in [2.45, 2.75) is 25.4 Å². The Morgan fingerprint density at radius 2 is 2.22 bits per heavy atom. The van der Waals surface area contributed by atoms with Gasteiger partial charge in [-0.3, -0.25) is 0 Å². The van der Waals surface area contributed by atoms with Gasteiger partial charge in [0.25, 0.3) is 0 Å². The van der Waals surface area contributed by atoms with Crippen LogP contribution in [0.15, 0.2) is 28.7 Å². The summed E-state index contributed by atoms with van der Waals surface area (Å²) in [5, 5.41) is 3.34. The molecule has 1 fully saturated rings. The Balaban J connectivity index is 1.57. The van der Waals surface area contributed by atoms with E-state index in [1.165, 1.54) is 12.8 Å². The molecular weight excluding hydrogens is 294 g/mol. The highest BCUT2D eigenvalue weighted by atomic mass is 79.9. The molecule has 3 nitrogen and oxygen atoms in total. The van der Waals surface area contributed by atoms with Crippen LogP contribution >= 0.6 is 15.9 Å². The lowest BCUT2D eigenvalue weighted by Crippen LogP contribution is -2.25. The maximum Gasteiger partial charge on any atom is 0.0808 e. The molecule has 18 heavy (non-hydrogen) atoms. The van der Waals surface area contributed by atoms with Crippen molar-refractivity contribution in [1.29, 1.82) is 0 Å². The maximum atomic E-state index is 5.63. The average molecular weight is 314 g/mol. The number of ether oxygens (including phenoxy) is 2. The molecule has 0 aliphatic carbocycles. The molecule has 1 atom stereocenters. The molecule has 0 saturated carbocycles. The molecular formula is C14H20BrNO2. The average Bonchev–Trinajstić information content (AvgIpc) is 2.42. The molecule has 1 heterocycles. The Kier molecular flexibility index (Phi) is 5.97. The lowest BCUT2D eigenvalue weighted by Gasteiger charge is -2.22. The van der Waals surface area contributed by atoms with Crippen molar-refractivity contribution < 1.29 is 9.47 Å². The van der Waals surface area contributed by atoms with Crippen LogP contribution in [0.25, 0.3) is 0 Å². The summed E-state index contributed by atoms with van der Waals surface area (Å²) in [5.74, 6) is 0. The number of benzene rings is 1. The zero-order chi connectivity index (χ0) is 12.6. The third kappa shape index (κ3) is 4.59. The van der Waals surface area contributed by atoms with Crippen LogP contribution in [-0.4, -0.2) is 32.5 Å². The molecule has 1 aromatic rings. The molecule has 1 aromatic carbocycles. The number of hydrogen-bond acceptors (Lipinski definition) is 3. The molecule has 0 spiro atoms. The molecule has 1 unspecified atom stereocenters. The standard InChI is InChI=1S/C14H20BrNO2/c15-13-6-1-2-7-14(13)16-8-10-17-11-12-5-3-4-9-18-12/h1-2,6-7,12,16H,3-5,8-11H2. The topological polar surface area (TPSA) is 30.5 Å². The second-order valence-corrected chi connectivity index (χ2v) is 5.32. The van der Waals surface area contributed by atoms with E-state index in [1.807, 2.05) is 24.3 Å². The summed E-state index contributed by atoms with van der Waals surface area (Å²) in [6.07, 6.45) is 3.91. The quantitative estimate of drug-likeness (QED) is 0.816. The van der Waals surface area contributed by atoms with Gasteiger partial charge in [0.1, 0.15) is 0 Å². The Bertz CT molecular complexity index is 353. The van der Waals surface area contributed by atoms with E-state index in [9.17, 15) is 0 Å². The van der Waals surface area contributed by atoms with Crippen molar-refractivity contribution in [3.8, 4) is 0 Å². The van der Waals surface area contributed by atoms with E-state index in [0.29, 0.717) is 12.7 Å². The van der Waals surface area contributed by atoms with Gasteiger partial charge >= 0.3 is 0 Å². The van der Waals surface area contributed by atoms with Gasteiger partial charge in [-0.05, 0) is 47.3 Å². The molecule has 0 bridgehead atoms. The number of rotatable bonds is 6. The van der Waals surface area contributed by atoms with Crippen molar-refractivity contribution in [3.05, 3.63) is 28.7 Å². The fraction of sp³-hybridized carbons (Fsp3) is 0.571. The molecule has 2 rings (SSSR count). The Morgan fingerprint density at radius 3 is 3.00 bits per heavy atom. The summed E-state index contributed by atoms with van der Waals surface area (Å²) in [6.45, 7) is 3.14. The predicted molar refractivity (Wildman–Crippen MR) is 77.0 cm³/mol. The third-order valence-corrected chi connectivity index (χ3v) is 3.70. The summed E-state index contributed by atoms with van der Waals surface area (Å²) >= 11 is 3.50. The fourth-order valence-corrected chi connectivity index (χ4v) is 2.44. The van der Waals surface area contributed by atoms with Crippen LogP contribution in [0.1, 0.15) is 19.3 Å². The van der Waals surface area contributed by atoms with Crippen molar-refractivity contribution in [1.82, 2.24) is 0 Å². The van der Waals surface area contributed by atoms with E-state index in [-0.39, 0.29) is 0 Å². The van der Waals surface area contributed by atoms with Gasteiger partial charge in [-0.25, -0.2) is 0 Å². The summed E-state index contributed by atoms with van der Waals surface area (Å²) in [5.41, 5.74) is 1.11. The van der Waals surface area contributed by atoms with Gasteiger partial charge in [0, 0.05) is 23.3 Å². The molecule has 0 amide bonds. The van der Waals surface area contributed by atoms with E-state index in [0.717, 1.165) is 36.3 Å². The summed E-state index contributed by atoms with van der Waals surface area (Å²) in [7, 11) is 0. The lowest BCUT2D eigenvalue weighted by molar-refractivity contribution is -0.0387. The zero-order valence-corrected chi connectivity index (χ0v) is 12.1. The first-order valence-corrected chi connectivity index (χ1v) is 7.33. The van der Waals surface area contributed by atoms with Gasteiger partial charge in [0.15, 0.2) is 0 Å². The predicted octanol–water partition coefficient (Wildman–Crippen LogP) is 3.45. The molecule has 1 aliphatic rings. The Morgan fingerprint density at radius 1 is 1.33 bits per heavy atom. The minimum absolute atomic E-state index is 0.308. The van der Waals surface area contributed by atoms with Crippen LogP contribution < -0.4 is 5.32 Å². The monoisotopic (exact) mass is 313 g/mol. The molecule has 1 N–H and O–H groups in total. The summed E-state index contributed by atoms with van der Waals surface area (Å²) in [6, 6.07) is 8.10. The van der Waals surface area contributed by atoms with Crippen molar-refractivity contribution in [2.24, 2.45) is 0 Å². The van der Waals surface area contributed by atoms with Gasteiger partial charge in [0.05, 0.1) is 19.3 Å². The highest BCUT2D eigenvalue weighted by Gasteiger charge is 2.13. The number of nitrogens with one attached hydrogen (secondary N) is 1. The zero-order valence-electron chi connectivity index (χ0n) is 10.5. The summed E-state index contributed by atoms with van der Waals surface area (Å²) in [4.78, 5) is 0. The summed E-state index contributed by atoms with van der Waals surface area (Å²) < 4.78 is 12.3. The number of para-hydroxylation sites is 1. The Labute approximate surface area is 117 Å². The van der Waals surface area contributed by atoms with E-state index in [2.05, 4.69) is 21.2 Å². The molecule has 0 radical (unpaired) electrons. The lowest BCUT2D eigenvalue weighted by atomic mass is 10.1. The minimum Gasteiger partial charge on any atom is -0.382 e. The fourth-order valence-electron chi connectivity index (χ4n) is 2.02. The molecule has 4 heteroatoms. The van der Waals surface area contributed by atoms with Crippen LogP contribution in [0.5, 0.6) is 0 Å². The largest absolute Gasteiger partial charge is 0.382 e. The van der Waals surface area contributed by atoms with Gasteiger partial charge < -0.3 is 14.8 Å². The van der Waals surface area contributed by atoms with E-state index in [4.69, 9.17) is 9.47 Å². The smallest absolute Gasteiger partial charge is 0.0808 e. The van der Waals surface area contributed by atoms with E-state index in [1.54, 1.807) is 0 Å². The van der Waals surface area contributed by atoms with Crippen LogP contribution in [0.3, 0.4) is 0 Å². The molecule has 0 aromatic heterocycles. The van der Waals surface area contributed by atoms with E-state index < -0.39 is 0 Å². The highest BCUT2D eigenvalue weighted by Crippen LogP contribution is 2.20. The second-order valence-electron chi connectivity index (χ2n) is 4.47. The molecule has 1 aliphatic heterocycles. The number of halogens is 1. The SMILES string of the molecule is Brc1ccccc1NCCOCC1CCCCO1. The minimum atomic E-state index is 0.308. The first-order chi connectivity index (χ1) is 8.86. The number of anilines is 1. The van der Waals surface area contributed by atoms with Crippen molar-refractivity contribution in [3.63, 3.8) is 0 Å². The second kappa shape index (κ2) is 7.77. The Hall–Kier alpha value is -0.580. The highest BCUT2D eigenvalue weighted by molar-refractivity contribution is 9.10. The van der Waals surface area contributed by atoms with Gasteiger partial charge in [-0.2, -0.15) is 0 Å². The van der Waals surface area contributed by atoms with Gasteiger partial charge in [-0.15, -0.1) is 0 Å². The van der Waals surface area contributed by atoms with Crippen LogP contribution in [0.2, 0.25) is 0 Å². The number of hydrogen-bond donors (Lipinski definition) is 1. The van der Waals surface area contributed by atoms with Gasteiger partial charge in [-0.1, -0.05) is 12.1 Å². The normalized spacial score (nSPS) is 19.7. The first kappa shape index (κ1) is 13.8. The van der Waals surface area contributed by atoms with Gasteiger partial charge in [0.2, 0.25) is 0 Å². The molecule has 1 saturated heterocycles. The first-order valence-electron chi connectivity index (χ1n) is 6.54. The van der Waals surface area contributed by atoms with Crippen molar-refractivity contribution >= 4 is 21.6 Å². The van der Waals surface area contributed by atoms with Crippen LogP contribution in [0.4, 0.5) is 5.69 Å². The van der Waals surface area contributed by atoms with Crippen LogP contribution in [0, 0.1) is 0 Å². The van der Waals surface area contributed by atoms with Crippen LogP contribution in [-0.2, 0) is 9.47 Å².